The summed E-state index contributed by atoms with van der Waals surface area (Å²) in [7, 11) is 0. The lowest BCUT2D eigenvalue weighted by atomic mass is 10.1. The number of hydrogen-bond donors (Lipinski definition) is 1. The van der Waals surface area contributed by atoms with Gasteiger partial charge in [0.2, 0.25) is 17.5 Å². The van der Waals surface area contributed by atoms with Gasteiger partial charge >= 0.3 is 0 Å². The number of carbonyl (C=O) groups is 1. The first-order valence-corrected chi connectivity index (χ1v) is 12.5. The zero-order valence-electron chi connectivity index (χ0n) is 19.7. The van der Waals surface area contributed by atoms with Crippen molar-refractivity contribution in [3.05, 3.63) is 41.5 Å². The van der Waals surface area contributed by atoms with Gasteiger partial charge in [-0.1, -0.05) is 17.8 Å². The minimum absolute atomic E-state index is 0.124. The van der Waals surface area contributed by atoms with Crippen LogP contribution in [0.3, 0.4) is 0 Å². The second-order valence-corrected chi connectivity index (χ2v) is 8.57. The number of fused-ring (bicyclic) bond motifs is 1. The summed E-state index contributed by atoms with van der Waals surface area (Å²) in [4.78, 5) is 12.4. The monoisotopic (exact) mass is 483 g/mol. The van der Waals surface area contributed by atoms with Crippen molar-refractivity contribution in [1.82, 2.24) is 10.2 Å². The highest BCUT2D eigenvalue weighted by atomic mass is 32.2. The average molecular weight is 484 g/mol. The fourth-order valence-corrected chi connectivity index (χ4v) is 4.43. The van der Waals surface area contributed by atoms with Crippen LogP contribution in [-0.4, -0.2) is 41.7 Å². The summed E-state index contributed by atoms with van der Waals surface area (Å²) < 4.78 is 23.1. The lowest BCUT2D eigenvalue weighted by Crippen LogP contribution is -2.14. The summed E-state index contributed by atoms with van der Waals surface area (Å²) in [6, 6.07) is 9.70. The molecule has 0 saturated heterocycles. The van der Waals surface area contributed by atoms with E-state index in [9.17, 15) is 4.79 Å². The largest absolute Gasteiger partial charge is 0.490 e. The highest BCUT2D eigenvalue weighted by Crippen LogP contribution is 2.42. The van der Waals surface area contributed by atoms with E-state index >= 15 is 0 Å². The molecule has 1 aliphatic carbocycles. The van der Waals surface area contributed by atoms with E-state index in [0.29, 0.717) is 53.7 Å². The van der Waals surface area contributed by atoms with Gasteiger partial charge in [-0.2, -0.15) is 0 Å². The lowest BCUT2D eigenvalue weighted by molar-refractivity contribution is -0.113. The molecule has 0 spiro atoms. The molecule has 3 aromatic rings. The minimum Gasteiger partial charge on any atom is -0.490 e. The number of nitrogens with zero attached hydrogens (tertiary/aromatic N) is 2. The molecule has 1 aliphatic rings. The van der Waals surface area contributed by atoms with Gasteiger partial charge in [0.05, 0.1) is 25.6 Å². The Hall–Kier alpha value is -3.20. The van der Waals surface area contributed by atoms with Crippen molar-refractivity contribution in [2.45, 2.75) is 45.3 Å². The highest BCUT2D eigenvalue weighted by Gasteiger charge is 2.19. The topological polar surface area (TPSA) is 95.7 Å². The van der Waals surface area contributed by atoms with Gasteiger partial charge in [0.1, 0.15) is 0 Å². The number of anilines is 1. The Labute approximate surface area is 203 Å². The van der Waals surface area contributed by atoms with Crippen LogP contribution in [0.25, 0.3) is 11.5 Å². The molecule has 0 atom stereocenters. The van der Waals surface area contributed by atoms with Crippen LogP contribution in [0.1, 0.15) is 38.3 Å². The van der Waals surface area contributed by atoms with Crippen LogP contribution >= 0.6 is 11.8 Å². The Bertz CT molecular complexity index is 1120. The fourth-order valence-electron chi connectivity index (χ4n) is 3.87. The van der Waals surface area contributed by atoms with Crippen molar-refractivity contribution in [2.24, 2.45) is 0 Å². The Morgan fingerprint density at radius 3 is 2.38 bits per heavy atom. The molecule has 1 heterocycles. The summed E-state index contributed by atoms with van der Waals surface area (Å²) in [5.41, 5.74) is 4.16. The van der Waals surface area contributed by atoms with Crippen molar-refractivity contribution < 1.29 is 23.4 Å². The molecule has 0 unspecified atom stereocenters. The molecule has 1 N–H and O–H groups in total. The van der Waals surface area contributed by atoms with E-state index in [1.165, 1.54) is 29.3 Å². The number of nitrogens with one attached hydrogen (secondary N) is 1. The molecule has 0 radical (unpaired) electrons. The average Bonchev–Trinajstić information content (AvgIpc) is 3.49. The summed E-state index contributed by atoms with van der Waals surface area (Å²) in [5, 5.41) is 11.5. The number of aryl methyl sites for hydroxylation is 2. The Morgan fingerprint density at radius 2 is 1.68 bits per heavy atom. The molecule has 9 heteroatoms. The van der Waals surface area contributed by atoms with Crippen molar-refractivity contribution in [1.29, 1.82) is 0 Å². The van der Waals surface area contributed by atoms with Crippen LogP contribution in [-0.2, 0) is 17.6 Å². The van der Waals surface area contributed by atoms with Gasteiger partial charge in [0.15, 0.2) is 11.5 Å². The smallest absolute Gasteiger partial charge is 0.277 e. The summed E-state index contributed by atoms with van der Waals surface area (Å²) in [6.07, 6.45) is 3.36. The molecular formula is C25H29N3O5S. The van der Waals surface area contributed by atoms with Gasteiger partial charge in [0.25, 0.3) is 5.22 Å². The number of amides is 1. The van der Waals surface area contributed by atoms with Crippen LogP contribution in [0, 0.1) is 0 Å². The number of hydrogen-bond acceptors (Lipinski definition) is 8. The van der Waals surface area contributed by atoms with Crippen LogP contribution < -0.4 is 19.5 Å². The third-order valence-corrected chi connectivity index (χ3v) is 6.09. The summed E-state index contributed by atoms with van der Waals surface area (Å²) in [6.45, 7) is 7.13. The predicted molar refractivity (Wildman–Crippen MR) is 131 cm³/mol. The molecule has 180 valence electrons. The van der Waals surface area contributed by atoms with Crippen molar-refractivity contribution in [2.75, 3.05) is 30.9 Å². The first-order chi connectivity index (χ1) is 16.6. The predicted octanol–water partition coefficient (Wildman–Crippen LogP) is 5.15. The second-order valence-electron chi connectivity index (χ2n) is 7.65. The molecule has 0 saturated carbocycles. The van der Waals surface area contributed by atoms with Crippen molar-refractivity contribution in [3.8, 4) is 28.7 Å². The molecule has 0 aliphatic heterocycles. The van der Waals surface area contributed by atoms with E-state index in [2.05, 4.69) is 27.6 Å². The molecule has 0 fully saturated rings. The number of ether oxygens (including phenoxy) is 3. The van der Waals surface area contributed by atoms with E-state index < -0.39 is 0 Å². The highest BCUT2D eigenvalue weighted by molar-refractivity contribution is 7.99. The second kappa shape index (κ2) is 11.3. The minimum atomic E-state index is -0.124. The number of benzene rings is 2. The zero-order valence-corrected chi connectivity index (χ0v) is 20.5. The lowest BCUT2D eigenvalue weighted by Gasteiger charge is -2.16. The van der Waals surface area contributed by atoms with E-state index in [0.717, 1.165) is 18.5 Å². The van der Waals surface area contributed by atoms with Gasteiger partial charge in [-0.05, 0) is 75.4 Å². The SMILES string of the molecule is CCOc1cc(-c2nnc(SCC(=O)Nc3ccc4c(c3)CCC4)o2)cc(OCC)c1OCC. The van der Waals surface area contributed by atoms with Gasteiger partial charge in [-0.25, -0.2) is 0 Å². The number of carbonyl (C=O) groups excluding carboxylic acids is 1. The van der Waals surface area contributed by atoms with Crippen LogP contribution in [0.5, 0.6) is 17.2 Å². The molecule has 1 amide bonds. The maximum atomic E-state index is 12.4. The number of aromatic nitrogens is 2. The van der Waals surface area contributed by atoms with Crippen LogP contribution in [0.4, 0.5) is 5.69 Å². The Balaban J connectivity index is 1.43. The number of rotatable bonds is 11. The van der Waals surface area contributed by atoms with Gasteiger partial charge in [-0.3, -0.25) is 4.79 Å². The molecular weight excluding hydrogens is 454 g/mol. The quantitative estimate of drug-likeness (QED) is 0.374. The van der Waals surface area contributed by atoms with Crippen LogP contribution in [0.2, 0.25) is 0 Å². The molecule has 0 bridgehead atoms. The zero-order chi connectivity index (χ0) is 23.9. The number of thioether (sulfide) groups is 1. The molecule has 1 aromatic heterocycles. The Kier molecular flexibility index (Phi) is 7.95. The fraction of sp³-hybridized carbons (Fsp3) is 0.400. The molecule has 2 aromatic carbocycles. The van der Waals surface area contributed by atoms with E-state index in [-0.39, 0.29) is 11.7 Å². The normalized spacial score (nSPS) is 12.3. The molecule has 8 nitrogen and oxygen atoms in total. The van der Waals surface area contributed by atoms with Crippen molar-refractivity contribution in [3.63, 3.8) is 0 Å². The Morgan fingerprint density at radius 1 is 0.971 bits per heavy atom. The van der Waals surface area contributed by atoms with Crippen LogP contribution in [0.15, 0.2) is 40.0 Å². The van der Waals surface area contributed by atoms with Gasteiger partial charge in [-0.15, -0.1) is 10.2 Å². The van der Waals surface area contributed by atoms with Gasteiger partial charge < -0.3 is 23.9 Å². The van der Waals surface area contributed by atoms with Gasteiger partial charge in [0, 0.05) is 11.3 Å². The van der Waals surface area contributed by atoms with E-state index in [4.69, 9.17) is 18.6 Å². The van der Waals surface area contributed by atoms with E-state index in [1.807, 2.05) is 26.8 Å². The molecule has 4 rings (SSSR count). The third-order valence-electron chi connectivity index (χ3n) is 5.27. The third kappa shape index (κ3) is 5.64. The van der Waals surface area contributed by atoms with E-state index in [1.54, 1.807) is 12.1 Å². The first kappa shape index (κ1) is 23.9. The summed E-state index contributed by atoms with van der Waals surface area (Å²) in [5.74, 6) is 1.99. The maximum absolute atomic E-state index is 12.4. The standard InChI is InChI=1S/C25H29N3O5S/c1-4-30-20-13-18(14-21(31-5-2)23(20)32-6-3)24-27-28-25(33-24)34-15-22(29)26-19-11-10-16-8-7-9-17(16)12-19/h10-14H,4-9,15H2,1-3H3,(H,26,29). The molecule has 34 heavy (non-hydrogen) atoms. The first-order valence-electron chi connectivity index (χ1n) is 11.6. The summed E-state index contributed by atoms with van der Waals surface area (Å²) >= 11 is 1.19. The maximum Gasteiger partial charge on any atom is 0.277 e. The van der Waals surface area contributed by atoms with Crippen molar-refractivity contribution >= 4 is 23.4 Å².